The van der Waals surface area contributed by atoms with Crippen molar-refractivity contribution in [3.63, 3.8) is 0 Å². The van der Waals surface area contributed by atoms with E-state index >= 15 is 0 Å². The summed E-state index contributed by atoms with van der Waals surface area (Å²) in [5, 5.41) is 13.0. The number of rotatable bonds is 6. The molecular formula is C12H21N3O2. The minimum Gasteiger partial charge on any atom is -0.395 e. The van der Waals surface area contributed by atoms with Gasteiger partial charge in [-0.25, -0.2) is 0 Å². The van der Waals surface area contributed by atoms with Crippen LogP contribution in [0.3, 0.4) is 0 Å². The number of aliphatic hydroxyl groups excluding tert-OH is 1. The molecule has 0 aliphatic heterocycles. The second-order valence-corrected chi connectivity index (χ2v) is 4.59. The van der Waals surface area contributed by atoms with Crippen molar-refractivity contribution in [1.29, 1.82) is 0 Å². The first kappa shape index (κ1) is 12.5. The smallest absolute Gasteiger partial charge is 0.240 e. The third kappa shape index (κ3) is 3.26. The Morgan fingerprint density at radius 1 is 1.41 bits per heavy atom. The molecular weight excluding hydrogens is 218 g/mol. The molecule has 0 saturated heterocycles. The first-order valence-electron chi connectivity index (χ1n) is 6.50. The van der Waals surface area contributed by atoms with Crippen molar-refractivity contribution >= 4 is 0 Å². The van der Waals surface area contributed by atoms with Gasteiger partial charge in [0.1, 0.15) is 0 Å². The van der Waals surface area contributed by atoms with Gasteiger partial charge in [-0.2, -0.15) is 4.98 Å². The van der Waals surface area contributed by atoms with Crippen molar-refractivity contribution in [3.8, 4) is 0 Å². The maximum absolute atomic E-state index is 9.12. The molecule has 5 nitrogen and oxygen atoms in total. The Balaban J connectivity index is 1.96. The maximum atomic E-state index is 9.12. The molecule has 0 aromatic carbocycles. The molecule has 17 heavy (non-hydrogen) atoms. The molecule has 0 amide bonds. The van der Waals surface area contributed by atoms with Crippen LogP contribution in [0.25, 0.3) is 0 Å². The summed E-state index contributed by atoms with van der Waals surface area (Å²) < 4.78 is 5.21. The monoisotopic (exact) mass is 239 g/mol. The molecule has 1 aromatic rings. The topological polar surface area (TPSA) is 62.4 Å². The summed E-state index contributed by atoms with van der Waals surface area (Å²) in [5.74, 6) is 1.43. The standard InChI is InChI=1S/C12H21N3O2/c1-2-11-13-12(17-14-11)9-15(7-8-16)10-5-3-4-6-10/h10,16H,2-9H2,1H3. The van der Waals surface area contributed by atoms with E-state index in [4.69, 9.17) is 9.63 Å². The minimum atomic E-state index is 0.186. The molecule has 0 radical (unpaired) electrons. The molecule has 0 unspecified atom stereocenters. The van der Waals surface area contributed by atoms with E-state index < -0.39 is 0 Å². The molecule has 1 aliphatic carbocycles. The van der Waals surface area contributed by atoms with Crippen molar-refractivity contribution in [2.75, 3.05) is 13.2 Å². The average molecular weight is 239 g/mol. The summed E-state index contributed by atoms with van der Waals surface area (Å²) in [6.45, 7) is 3.55. The fourth-order valence-electron chi connectivity index (χ4n) is 2.46. The number of aromatic nitrogens is 2. The number of aliphatic hydroxyl groups is 1. The van der Waals surface area contributed by atoms with Crippen LogP contribution in [0.1, 0.15) is 44.3 Å². The predicted octanol–water partition coefficient (Wildman–Crippen LogP) is 1.37. The van der Waals surface area contributed by atoms with Crippen LogP contribution < -0.4 is 0 Å². The van der Waals surface area contributed by atoms with Gasteiger partial charge >= 0.3 is 0 Å². The molecule has 0 spiro atoms. The average Bonchev–Trinajstić information content (AvgIpc) is 2.99. The van der Waals surface area contributed by atoms with Crippen LogP contribution in [0.2, 0.25) is 0 Å². The molecule has 0 bridgehead atoms. The lowest BCUT2D eigenvalue weighted by Gasteiger charge is -2.26. The Bertz CT molecular complexity index is 334. The van der Waals surface area contributed by atoms with Gasteiger partial charge in [-0.3, -0.25) is 4.90 Å². The van der Waals surface area contributed by atoms with Crippen molar-refractivity contribution in [1.82, 2.24) is 15.0 Å². The first-order chi connectivity index (χ1) is 8.33. The molecule has 1 N–H and O–H groups in total. The van der Waals surface area contributed by atoms with Crippen LogP contribution in [0.15, 0.2) is 4.52 Å². The van der Waals surface area contributed by atoms with E-state index in [2.05, 4.69) is 15.0 Å². The second kappa shape index (κ2) is 6.12. The zero-order valence-electron chi connectivity index (χ0n) is 10.4. The number of hydrogen-bond acceptors (Lipinski definition) is 5. The Morgan fingerprint density at radius 3 is 2.76 bits per heavy atom. The minimum absolute atomic E-state index is 0.186. The largest absolute Gasteiger partial charge is 0.395 e. The molecule has 1 saturated carbocycles. The Kier molecular flexibility index (Phi) is 4.50. The van der Waals surface area contributed by atoms with Gasteiger partial charge in [0, 0.05) is 19.0 Å². The van der Waals surface area contributed by atoms with Crippen LogP contribution in [0.5, 0.6) is 0 Å². The summed E-state index contributed by atoms with van der Waals surface area (Å²) >= 11 is 0. The summed E-state index contributed by atoms with van der Waals surface area (Å²) in [6, 6.07) is 0.569. The molecule has 1 heterocycles. The zero-order chi connectivity index (χ0) is 12.1. The highest BCUT2D eigenvalue weighted by Gasteiger charge is 2.23. The van der Waals surface area contributed by atoms with E-state index in [9.17, 15) is 0 Å². The van der Waals surface area contributed by atoms with Crippen LogP contribution >= 0.6 is 0 Å². The van der Waals surface area contributed by atoms with Crippen LogP contribution in [-0.4, -0.2) is 39.3 Å². The van der Waals surface area contributed by atoms with Gasteiger partial charge in [0.15, 0.2) is 5.82 Å². The Labute approximate surface area is 102 Å². The van der Waals surface area contributed by atoms with Gasteiger partial charge in [-0.1, -0.05) is 24.9 Å². The number of nitrogens with zero attached hydrogens (tertiary/aromatic N) is 3. The van der Waals surface area contributed by atoms with E-state index in [-0.39, 0.29) is 6.61 Å². The highest BCUT2D eigenvalue weighted by molar-refractivity contribution is 4.87. The van der Waals surface area contributed by atoms with Gasteiger partial charge in [0.05, 0.1) is 13.2 Å². The van der Waals surface area contributed by atoms with Crippen LogP contribution in [0.4, 0.5) is 0 Å². The molecule has 5 heteroatoms. The number of hydrogen-bond donors (Lipinski definition) is 1. The number of aryl methyl sites for hydroxylation is 1. The lowest BCUT2D eigenvalue weighted by molar-refractivity contribution is 0.130. The highest BCUT2D eigenvalue weighted by atomic mass is 16.5. The van der Waals surface area contributed by atoms with E-state index in [1.165, 1.54) is 25.7 Å². The van der Waals surface area contributed by atoms with Crippen molar-refractivity contribution in [3.05, 3.63) is 11.7 Å². The first-order valence-corrected chi connectivity index (χ1v) is 6.50. The van der Waals surface area contributed by atoms with Gasteiger partial charge in [-0.05, 0) is 12.8 Å². The van der Waals surface area contributed by atoms with Gasteiger partial charge in [0.25, 0.3) is 0 Å². The highest BCUT2D eigenvalue weighted by Crippen LogP contribution is 2.24. The van der Waals surface area contributed by atoms with E-state index in [0.29, 0.717) is 25.0 Å². The maximum Gasteiger partial charge on any atom is 0.240 e. The molecule has 2 rings (SSSR count). The van der Waals surface area contributed by atoms with Crippen molar-refractivity contribution < 1.29 is 9.63 Å². The molecule has 1 fully saturated rings. The normalized spacial score (nSPS) is 17.1. The van der Waals surface area contributed by atoms with Gasteiger partial charge in [-0.15, -0.1) is 0 Å². The fourth-order valence-corrected chi connectivity index (χ4v) is 2.46. The van der Waals surface area contributed by atoms with Gasteiger partial charge in [0.2, 0.25) is 5.89 Å². The Hall–Kier alpha value is -0.940. The molecule has 1 aromatic heterocycles. The third-order valence-electron chi connectivity index (χ3n) is 3.39. The molecule has 1 aliphatic rings. The Morgan fingerprint density at radius 2 is 2.18 bits per heavy atom. The second-order valence-electron chi connectivity index (χ2n) is 4.59. The molecule has 0 atom stereocenters. The van der Waals surface area contributed by atoms with E-state index in [0.717, 1.165) is 12.2 Å². The van der Waals surface area contributed by atoms with E-state index in [1.807, 2.05) is 6.92 Å². The van der Waals surface area contributed by atoms with E-state index in [1.54, 1.807) is 0 Å². The lowest BCUT2D eigenvalue weighted by atomic mass is 10.2. The van der Waals surface area contributed by atoms with Gasteiger partial charge < -0.3 is 9.63 Å². The fraction of sp³-hybridized carbons (Fsp3) is 0.833. The quantitative estimate of drug-likeness (QED) is 0.812. The van der Waals surface area contributed by atoms with Crippen LogP contribution in [0, 0.1) is 0 Å². The summed E-state index contributed by atoms with van der Waals surface area (Å²) in [6.07, 6.45) is 5.81. The van der Waals surface area contributed by atoms with Crippen LogP contribution in [-0.2, 0) is 13.0 Å². The predicted molar refractivity (Wildman–Crippen MR) is 63.4 cm³/mol. The third-order valence-corrected chi connectivity index (χ3v) is 3.39. The van der Waals surface area contributed by atoms with Crippen molar-refractivity contribution in [2.24, 2.45) is 0 Å². The summed E-state index contributed by atoms with van der Waals surface area (Å²) in [5.41, 5.74) is 0. The SMILES string of the molecule is CCc1noc(CN(CCO)C2CCCC2)n1. The lowest BCUT2D eigenvalue weighted by Crippen LogP contribution is -2.35. The summed E-state index contributed by atoms with van der Waals surface area (Å²) in [4.78, 5) is 6.58. The zero-order valence-corrected chi connectivity index (χ0v) is 10.4. The van der Waals surface area contributed by atoms with Crippen molar-refractivity contribution in [2.45, 2.75) is 51.6 Å². The summed E-state index contributed by atoms with van der Waals surface area (Å²) in [7, 11) is 0. The molecule has 96 valence electrons.